The van der Waals surface area contributed by atoms with E-state index in [1.165, 1.54) is 0 Å². The lowest BCUT2D eigenvalue weighted by molar-refractivity contribution is 0.654. The summed E-state index contributed by atoms with van der Waals surface area (Å²) >= 11 is 0. The summed E-state index contributed by atoms with van der Waals surface area (Å²) in [6.45, 7) is 6.45. The standard InChI is InChI=1S/C20H23N9/c1-13-18-19(27(3)26-13)22-14(2)23-20(18)28-8-6-16-24-25-17(29(16)10-9-28)11-15-5-4-7-21-12-15/h4-5,7,12H,6,8-11H2,1-3H3. The maximum Gasteiger partial charge on any atom is 0.163 e. The Morgan fingerprint density at radius 2 is 1.97 bits per heavy atom. The molecule has 9 nitrogen and oxygen atoms in total. The molecule has 4 aromatic rings. The Hall–Kier alpha value is -3.36. The van der Waals surface area contributed by atoms with Crippen LogP contribution in [0.25, 0.3) is 11.0 Å². The van der Waals surface area contributed by atoms with Gasteiger partial charge < -0.3 is 9.47 Å². The molecule has 0 saturated carbocycles. The molecular formula is C20H23N9. The van der Waals surface area contributed by atoms with Crippen LogP contribution in [0.4, 0.5) is 5.82 Å². The van der Waals surface area contributed by atoms with E-state index in [0.29, 0.717) is 0 Å². The minimum atomic E-state index is 0.736. The second kappa shape index (κ2) is 6.91. The van der Waals surface area contributed by atoms with Gasteiger partial charge in [-0.2, -0.15) is 5.10 Å². The van der Waals surface area contributed by atoms with Gasteiger partial charge in [0.05, 0.1) is 11.1 Å². The quantitative estimate of drug-likeness (QED) is 0.526. The zero-order valence-corrected chi connectivity index (χ0v) is 16.9. The Kier molecular flexibility index (Phi) is 4.22. The molecule has 1 aliphatic heterocycles. The molecule has 5 rings (SSSR count). The third-order valence-corrected chi connectivity index (χ3v) is 5.44. The number of rotatable bonds is 3. The lowest BCUT2D eigenvalue weighted by Gasteiger charge is -2.22. The van der Waals surface area contributed by atoms with Crippen LogP contribution in [0.3, 0.4) is 0 Å². The number of hydrogen-bond donors (Lipinski definition) is 0. The van der Waals surface area contributed by atoms with Crippen LogP contribution in [0.2, 0.25) is 0 Å². The molecule has 0 spiro atoms. The van der Waals surface area contributed by atoms with E-state index in [1.807, 2.05) is 37.8 Å². The Morgan fingerprint density at radius 3 is 2.79 bits per heavy atom. The second-order valence-electron chi connectivity index (χ2n) is 7.46. The molecule has 0 radical (unpaired) electrons. The predicted molar refractivity (Wildman–Crippen MR) is 109 cm³/mol. The van der Waals surface area contributed by atoms with Crippen LogP contribution >= 0.6 is 0 Å². The molecular weight excluding hydrogens is 366 g/mol. The first-order valence-corrected chi connectivity index (χ1v) is 9.83. The summed E-state index contributed by atoms with van der Waals surface area (Å²) < 4.78 is 4.08. The van der Waals surface area contributed by atoms with E-state index in [2.05, 4.69) is 40.8 Å². The number of hydrogen-bond acceptors (Lipinski definition) is 7. The summed E-state index contributed by atoms with van der Waals surface area (Å²) in [4.78, 5) is 15.9. The molecule has 0 aromatic carbocycles. The van der Waals surface area contributed by atoms with Gasteiger partial charge in [-0.1, -0.05) is 6.07 Å². The lowest BCUT2D eigenvalue weighted by Crippen LogP contribution is -2.28. The molecule has 0 unspecified atom stereocenters. The van der Waals surface area contributed by atoms with Crippen LogP contribution in [-0.4, -0.2) is 52.6 Å². The van der Waals surface area contributed by atoms with E-state index in [9.17, 15) is 0 Å². The van der Waals surface area contributed by atoms with Crippen LogP contribution in [0.5, 0.6) is 0 Å². The monoisotopic (exact) mass is 389 g/mol. The minimum absolute atomic E-state index is 0.736. The van der Waals surface area contributed by atoms with Gasteiger partial charge in [0.15, 0.2) is 5.65 Å². The summed E-state index contributed by atoms with van der Waals surface area (Å²) in [5.74, 6) is 3.73. The van der Waals surface area contributed by atoms with Gasteiger partial charge >= 0.3 is 0 Å². The maximum absolute atomic E-state index is 4.79. The molecule has 0 aliphatic carbocycles. The van der Waals surface area contributed by atoms with Gasteiger partial charge in [0.1, 0.15) is 23.3 Å². The predicted octanol–water partition coefficient (Wildman–Crippen LogP) is 1.62. The van der Waals surface area contributed by atoms with Crippen molar-refractivity contribution in [2.45, 2.75) is 33.2 Å². The molecule has 5 heterocycles. The van der Waals surface area contributed by atoms with E-state index in [1.54, 1.807) is 6.20 Å². The molecule has 0 fully saturated rings. The van der Waals surface area contributed by atoms with Gasteiger partial charge in [-0.3, -0.25) is 9.67 Å². The lowest BCUT2D eigenvalue weighted by atomic mass is 10.2. The Labute approximate surface area is 168 Å². The van der Waals surface area contributed by atoms with Crippen molar-refractivity contribution in [3.63, 3.8) is 0 Å². The summed E-state index contributed by atoms with van der Waals surface area (Å²) in [5, 5.41) is 14.5. The number of aromatic nitrogens is 8. The minimum Gasteiger partial charge on any atom is -0.354 e. The van der Waals surface area contributed by atoms with Crippen molar-refractivity contribution in [1.82, 2.24) is 39.5 Å². The normalized spacial score (nSPS) is 14.2. The van der Waals surface area contributed by atoms with Gasteiger partial charge in [-0.15, -0.1) is 10.2 Å². The Morgan fingerprint density at radius 1 is 1.07 bits per heavy atom. The highest BCUT2D eigenvalue weighted by molar-refractivity contribution is 5.89. The fraction of sp³-hybridized carbons (Fsp3) is 0.400. The number of pyridine rings is 1. The highest BCUT2D eigenvalue weighted by atomic mass is 15.3. The van der Waals surface area contributed by atoms with Crippen LogP contribution in [0.1, 0.15) is 28.7 Å². The molecule has 0 bridgehead atoms. The summed E-state index contributed by atoms with van der Waals surface area (Å²) in [6.07, 6.45) is 5.23. The average molecular weight is 389 g/mol. The van der Waals surface area contributed by atoms with Crippen molar-refractivity contribution < 1.29 is 0 Å². The van der Waals surface area contributed by atoms with E-state index in [4.69, 9.17) is 4.98 Å². The fourth-order valence-electron chi connectivity index (χ4n) is 4.06. The molecule has 9 heteroatoms. The first-order chi connectivity index (χ1) is 14.1. The topological polar surface area (TPSA) is 90.4 Å². The number of aryl methyl sites for hydroxylation is 3. The Bertz CT molecular complexity index is 1180. The third kappa shape index (κ3) is 3.12. The molecule has 0 amide bonds. The molecule has 29 heavy (non-hydrogen) atoms. The van der Waals surface area contributed by atoms with Crippen molar-refractivity contribution in [3.8, 4) is 0 Å². The number of fused-ring (bicyclic) bond motifs is 2. The average Bonchev–Trinajstić information content (AvgIpc) is 3.13. The molecule has 4 aromatic heterocycles. The molecule has 0 saturated heterocycles. The van der Waals surface area contributed by atoms with Crippen LogP contribution < -0.4 is 4.90 Å². The Balaban J connectivity index is 1.46. The molecule has 0 N–H and O–H groups in total. The zero-order chi connectivity index (χ0) is 20.0. The number of anilines is 1. The maximum atomic E-state index is 4.79. The van der Waals surface area contributed by atoms with E-state index < -0.39 is 0 Å². The van der Waals surface area contributed by atoms with Crippen LogP contribution in [-0.2, 0) is 26.4 Å². The van der Waals surface area contributed by atoms with Crippen LogP contribution in [0, 0.1) is 13.8 Å². The molecule has 148 valence electrons. The first kappa shape index (κ1) is 17.7. The van der Waals surface area contributed by atoms with Crippen LogP contribution in [0.15, 0.2) is 24.5 Å². The summed E-state index contributed by atoms with van der Waals surface area (Å²) in [6, 6.07) is 4.03. The van der Waals surface area contributed by atoms with E-state index >= 15 is 0 Å². The van der Waals surface area contributed by atoms with Crippen molar-refractivity contribution in [2.24, 2.45) is 7.05 Å². The highest BCUT2D eigenvalue weighted by Crippen LogP contribution is 2.28. The van der Waals surface area contributed by atoms with Crippen molar-refractivity contribution in [3.05, 3.63) is 53.3 Å². The highest BCUT2D eigenvalue weighted by Gasteiger charge is 2.23. The van der Waals surface area contributed by atoms with Gasteiger partial charge in [0.2, 0.25) is 0 Å². The van der Waals surface area contributed by atoms with Gasteiger partial charge in [-0.25, -0.2) is 9.97 Å². The molecule has 1 aliphatic rings. The largest absolute Gasteiger partial charge is 0.354 e. The van der Waals surface area contributed by atoms with Crippen molar-refractivity contribution >= 4 is 16.9 Å². The second-order valence-corrected chi connectivity index (χ2v) is 7.46. The number of nitrogens with zero attached hydrogens (tertiary/aromatic N) is 9. The SMILES string of the molecule is Cc1nc(N2CCc3nnc(Cc4cccnc4)n3CC2)c2c(C)nn(C)c2n1. The van der Waals surface area contributed by atoms with Crippen molar-refractivity contribution in [2.75, 3.05) is 18.0 Å². The van der Waals surface area contributed by atoms with Gasteiger partial charge in [-0.05, 0) is 25.5 Å². The van der Waals surface area contributed by atoms with Gasteiger partial charge in [0, 0.05) is 51.9 Å². The third-order valence-electron chi connectivity index (χ3n) is 5.44. The zero-order valence-electron chi connectivity index (χ0n) is 16.9. The first-order valence-electron chi connectivity index (χ1n) is 9.83. The van der Waals surface area contributed by atoms with E-state index in [-0.39, 0.29) is 0 Å². The van der Waals surface area contributed by atoms with Gasteiger partial charge in [0.25, 0.3) is 0 Å². The molecule has 0 atom stereocenters. The smallest absolute Gasteiger partial charge is 0.163 e. The fourth-order valence-corrected chi connectivity index (χ4v) is 4.06. The van der Waals surface area contributed by atoms with E-state index in [0.717, 1.165) is 78.1 Å². The van der Waals surface area contributed by atoms with Crippen molar-refractivity contribution in [1.29, 1.82) is 0 Å². The summed E-state index contributed by atoms with van der Waals surface area (Å²) in [5.41, 5.74) is 2.98. The summed E-state index contributed by atoms with van der Waals surface area (Å²) in [7, 11) is 1.93.